The minimum Gasteiger partial charge on any atom is -0.351 e. The number of hydrogen-bond acceptors (Lipinski definition) is 2. The van der Waals surface area contributed by atoms with Crippen LogP contribution in [0.15, 0.2) is 97.6 Å². The highest BCUT2D eigenvalue weighted by atomic mass is 35.5. The Balaban J connectivity index is 1.98. The molecule has 0 aliphatic rings. The number of carbonyl (C=O) groups is 2. The third-order valence-electron chi connectivity index (χ3n) is 4.88. The van der Waals surface area contributed by atoms with Crippen LogP contribution in [0.5, 0.6) is 0 Å². The second-order valence-corrected chi connectivity index (χ2v) is 7.59. The van der Waals surface area contributed by atoms with E-state index in [0.29, 0.717) is 11.6 Å². The van der Waals surface area contributed by atoms with Crippen LogP contribution in [-0.4, -0.2) is 23.3 Å². The van der Waals surface area contributed by atoms with Crippen LogP contribution in [0.4, 0.5) is 0 Å². The standard InChI is InChI=1S/C26H25ClN2O2/c1-2-17-28-26(31)25(22-11-7-4-8-12-22)29(19-21-13-15-23(27)16-14-21)24(30)18-20-9-5-3-6-10-20/h2-16,25H,1,17-19H2,(H,28,31)/t25-/m0/s1. The molecule has 3 aromatic rings. The quantitative estimate of drug-likeness (QED) is 0.486. The minimum absolute atomic E-state index is 0.135. The number of rotatable bonds is 9. The largest absolute Gasteiger partial charge is 0.351 e. The maximum Gasteiger partial charge on any atom is 0.247 e. The van der Waals surface area contributed by atoms with Crippen LogP contribution >= 0.6 is 11.6 Å². The van der Waals surface area contributed by atoms with E-state index in [1.807, 2.05) is 72.8 Å². The molecule has 1 N–H and O–H groups in total. The molecule has 0 spiro atoms. The lowest BCUT2D eigenvalue weighted by Gasteiger charge is -2.31. The van der Waals surface area contributed by atoms with Gasteiger partial charge in [-0.3, -0.25) is 9.59 Å². The van der Waals surface area contributed by atoms with Crippen LogP contribution in [0, 0.1) is 0 Å². The van der Waals surface area contributed by atoms with Crippen molar-refractivity contribution in [2.45, 2.75) is 19.0 Å². The average molecular weight is 433 g/mol. The van der Waals surface area contributed by atoms with E-state index >= 15 is 0 Å². The van der Waals surface area contributed by atoms with Gasteiger partial charge in [0.1, 0.15) is 6.04 Å². The molecule has 0 unspecified atom stereocenters. The smallest absolute Gasteiger partial charge is 0.247 e. The lowest BCUT2D eigenvalue weighted by atomic mass is 10.0. The molecule has 0 aliphatic heterocycles. The first-order valence-corrected chi connectivity index (χ1v) is 10.5. The molecule has 0 heterocycles. The maximum absolute atomic E-state index is 13.5. The van der Waals surface area contributed by atoms with Crippen molar-refractivity contribution in [2.75, 3.05) is 6.54 Å². The van der Waals surface area contributed by atoms with Crippen LogP contribution < -0.4 is 5.32 Å². The number of carbonyl (C=O) groups excluding carboxylic acids is 2. The molecule has 4 nitrogen and oxygen atoms in total. The van der Waals surface area contributed by atoms with Crippen molar-refractivity contribution < 1.29 is 9.59 Å². The van der Waals surface area contributed by atoms with Gasteiger partial charge >= 0.3 is 0 Å². The van der Waals surface area contributed by atoms with Crippen molar-refractivity contribution in [3.05, 3.63) is 119 Å². The van der Waals surface area contributed by atoms with Crippen LogP contribution in [0.3, 0.4) is 0 Å². The maximum atomic E-state index is 13.5. The van der Waals surface area contributed by atoms with Gasteiger partial charge in [-0.1, -0.05) is 90.5 Å². The van der Waals surface area contributed by atoms with Crippen molar-refractivity contribution in [1.82, 2.24) is 10.2 Å². The Hall–Kier alpha value is -3.37. The Kier molecular flexibility index (Phi) is 8.02. The number of halogens is 1. The molecule has 0 aliphatic carbocycles. The highest BCUT2D eigenvalue weighted by molar-refractivity contribution is 6.30. The molecule has 3 aromatic carbocycles. The molecule has 0 bridgehead atoms. The first-order chi connectivity index (χ1) is 15.1. The SMILES string of the molecule is C=CCNC(=O)[C@H](c1ccccc1)N(Cc1ccc(Cl)cc1)C(=O)Cc1ccccc1. The summed E-state index contributed by atoms with van der Waals surface area (Å²) in [6, 6.07) is 25.4. The fourth-order valence-corrected chi connectivity index (χ4v) is 3.49. The number of hydrogen-bond donors (Lipinski definition) is 1. The highest BCUT2D eigenvalue weighted by Crippen LogP contribution is 2.25. The Morgan fingerprint density at radius 1 is 0.903 bits per heavy atom. The molecule has 31 heavy (non-hydrogen) atoms. The van der Waals surface area contributed by atoms with Gasteiger partial charge in [0.2, 0.25) is 11.8 Å². The Bertz CT molecular complexity index is 1000. The molecule has 1 atom stereocenters. The molecule has 3 rings (SSSR count). The van der Waals surface area contributed by atoms with Crippen LogP contribution in [0.25, 0.3) is 0 Å². The van der Waals surface area contributed by atoms with Gasteiger partial charge in [-0.05, 0) is 28.8 Å². The molecule has 2 amide bonds. The molecular formula is C26H25ClN2O2. The van der Waals surface area contributed by atoms with Crippen molar-refractivity contribution in [1.29, 1.82) is 0 Å². The summed E-state index contributed by atoms with van der Waals surface area (Å²) >= 11 is 6.03. The second kappa shape index (κ2) is 11.1. The third kappa shape index (κ3) is 6.30. The van der Waals surface area contributed by atoms with Crippen LogP contribution in [0.1, 0.15) is 22.7 Å². The first-order valence-electron chi connectivity index (χ1n) is 10.1. The van der Waals surface area contributed by atoms with E-state index in [1.165, 1.54) is 0 Å². The predicted octanol–water partition coefficient (Wildman–Crippen LogP) is 4.95. The molecule has 5 heteroatoms. The van der Waals surface area contributed by atoms with E-state index in [1.54, 1.807) is 23.1 Å². The van der Waals surface area contributed by atoms with Crippen molar-refractivity contribution in [3.63, 3.8) is 0 Å². The Morgan fingerprint density at radius 2 is 1.52 bits per heavy atom. The van der Waals surface area contributed by atoms with E-state index in [-0.39, 0.29) is 24.8 Å². The Labute approximate surface area is 188 Å². The predicted molar refractivity (Wildman–Crippen MR) is 125 cm³/mol. The fraction of sp³-hybridized carbons (Fsp3) is 0.154. The summed E-state index contributed by atoms with van der Waals surface area (Å²) in [6.45, 7) is 4.27. The zero-order chi connectivity index (χ0) is 22.1. The van der Waals surface area contributed by atoms with E-state index in [9.17, 15) is 9.59 Å². The Morgan fingerprint density at radius 3 is 2.13 bits per heavy atom. The summed E-state index contributed by atoms with van der Waals surface area (Å²) < 4.78 is 0. The molecule has 0 saturated carbocycles. The monoisotopic (exact) mass is 432 g/mol. The summed E-state index contributed by atoms with van der Waals surface area (Å²) in [5, 5.41) is 3.47. The number of nitrogens with one attached hydrogen (secondary N) is 1. The van der Waals surface area contributed by atoms with Gasteiger partial charge in [-0.25, -0.2) is 0 Å². The van der Waals surface area contributed by atoms with Gasteiger partial charge in [-0.15, -0.1) is 6.58 Å². The third-order valence-corrected chi connectivity index (χ3v) is 5.13. The van der Waals surface area contributed by atoms with Gasteiger partial charge in [0, 0.05) is 18.1 Å². The molecular weight excluding hydrogens is 408 g/mol. The van der Waals surface area contributed by atoms with E-state index in [4.69, 9.17) is 11.6 Å². The lowest BCUT2D eigenvalue weighted by molar-refractivity contribution is -0.141. The topological polar surface area (TPSA) is 49.4 Å². The number of amides is 2. The molecule has 0 saturated heterocycles. The molecule has 158 valence electrons. The second-order valence-electron chi connectivity index (χ2n) is 7.16. The minimum atomic E-state index is -0.770. The van der Waals surface area contributed by atoms with Crippen LogP contribution in [0.2, 0.25) is 5.02 Å². The average Bonchev–Trinajstić information content (AvgIpc) is 2.80. The van der Waals surface area contributed by atoms with Crippen LogP contribution in [-0.2, 0) is 22.6 Å². The van der Waals surface area contributed by atoms with E-state index in [0.717, 1.165) is 16.7 Å². The number of nitrogens with zero attached hydrogens (tertiary/aromatic N) is 1. The van der Waals surface area contributed by atoms with Gasteiger partial charge < -0.3 is 10.2 Å². The van der Waals surface area contributed by atoms with Crippen molar-refractivity contribution in [2.24, 2.45) is 0 Å². The zero-order valence-corrected chi connectivity index (χ0v) is 18.0. The van der Waals surface area contributed by atoms with Gasteiger partial charge in [0.25, 0.3) is 0 Å². The van der Waals surface area contributed by atoms with Gasteiger partial charge in [0.05, 0.1) is 6.42 Å². The summed E-state index contributed by atoms with van der Waals surface area (Å²) in [4.78, 5) is 28.3. The highest BCUT2D eigenvalue weighted by Gasteiger charge is 2.31. The molecule has 0 fully saturated rings. The summed E-state index contributed by atoms with van der Waals surface area (Å²) in [5.41, 5.74) is 2.54. The summed E-state index contributed by atoms with van der Waals surface area (Å²) in [7, 11) is 0. The lowest BCUT2D eigenvalue weighted by Crippen LogP contribution is -2.44. The van der Waals surface area contributed by atoms with Gasteiger partial charge in [-0.2, -0.15) is 0 Å². The first kappa shape index (κ1) is 22.3. The molecule has 0 radical (unpaired) electrons. The van der Waals surface area contributed by atoms with E-state index < -0.39 is 6.04 Å². The number of benzene rings is 3. The van der Waals surface area contributed by atoms with Gasteiger partial charge in [0.15, 0.2) is 0 Å². The summed E-state index contributed by atoms with van der Waals surface area (Å²) in [5.74, 6) is -0.384. The zero-order valence-electron chi connectivity index (χ0n) is 17.2. The van der Waals surface area contributed by atoms with E-state index in [2.05, 4.69) is 11.9 Å². The van der Waals surface area contributed by atoms with Crippen molar-refractivity contribution in [3.8, 4) is 0 Å². The normalized spacial score (nSPS) is 11.4. The summed E-state index contributed by atoms with van der Waals surface area (Å²) in [6.07, 6.45) is 1.82. The molecule has 0 aromatic heterocycles. The van der Waals surface area contributed by atoms with Crippen molar-refractivity contribution >= 4 is 23.4 Å². The fourth-order valence-electron chi connectivity index (χ4n) is 3.36.